The summed E-state index contributed by atoms with van der Waals surface area (Å²) < 4.78 is 30.1. The smallest absolute Gasteiger partial charge is 0.239 e. The molecule has 0 aliphatic rings. The first-order valence-electron chi connectivity index (χ1n) is 8.45. The molecule has 1 heterocycles. The van der Waals surface area contributed by atoms with Crippen LogP contribution in [0.25, 0.3) is 0 Å². The minimum absolute atomic E-state index is 0.0140. The molecule has 0 aliphatic heterocycles. The van der Waals surface area contributed by atoms with Crippen molar-refractivity contribution < 1.29 is 17.6 Å². The van der Waals surface area contributed by atoms with Crippen LogP contribution in [0, 0.1) is 0 Å². The minimum Gasteiger partial charge on any atom is -0.468 e. The van der Waals surface area contributed by atoms with Crippen molar-refractivity contribution in [2.75, 3.05) is 36.1 Å². The van der Waals surface area contributed by atoms with Crippen molar-refractivity contribution >= 4 is 27.3 Å². The lowest BCUT2D eigenvalue weighted by atomic mass is 10.2. The Hall–Kier alpha value is -2.32. The monoisotopic (exact) mass is 379 g/mol. The Morgan fingerprint density at radius 1 is 1.12 bits per heavy atom. The van der Waals surface area contributed by atoms with E-state index in [0.717, 1.165) is 29.3 Å². The van der Waals surface area contributed by atoms with E-state index < -0.39 is 15.9 Å². The molecular weight excluding hydrogens is 354 g/mol. The van der Waals surface area contributed by atoms with Crippen LogP contribution in [-0.4, -0.2) is 44.5 Å². The molecule has 0 unspecified atom stereocenters. The quantitative estimate of drug-likeness (QED) is 0.724. The van der Waals surface area contributed by atoms with Crippen LogP contribution >= 0.6 is 0 Å². The molecule has 26 heavy (non-hydrogen) atoms. The molecular formula is C18H25N3O4S. The van der Waals surface area contributed by atoms with E-state index in [1.54, 1.807) is 12.1 Å². The summed E-state index contributed by atoms with van der Waals surface area (Å²) in [4.78, 5) is 14.5. The average Bonchev–Trinajstić information content (AvgIpc) is 3.09. The highest BCUT2D eigenvalue weighted by molar-refractivity contribution is 7.88. The Labute approximate surface area is 154 Å². The number of anilines is 2. The van der Waals surface area contributed by atoms with Gasteiger partial charge in [0.1, 0.15) is 5.76 Å². The average molecular weight is 379 g/mol. The van der Waals surface area contributed by atoms with Crippen LogP contribution in [-0.2, 0) is 21.4 Å². The minimum atomic E-state index is -3.55. The molecule has 0 spiro atoms. The third-order valence-corrected chi connectivity index (χ3v) is 5.18. The van der Waals surface area contributed by atoms with Gasteiger partial charge in [0.15, 0.2) is 0 Å². The first-order chi connectivity index (χ1) is 12.3. The SMILES string of the molecule is CCN(CC)c1ccc(NC(=O)CN(Cc2ccco2)S(C)(=O)=O)cc1. The van der Waals surface area contributed by atoms with Crippen molar-refractivity contribution in [3.05, 3.63) is 48.4 Å². The van der Waals surface area contributed by atoms with Gasteiger partial charge in [-0.05, 0) is 50.2 Å². The lowest BCUT2D eigenvalue weighted by Gasteiger charge is -2.21. The van der Waals surface area contributed by atoms with Crippen LogP contribution in [0.3, 0.4) is 0 Å². The summed E-state index contributed by atoms with van der Waals surface area (Å²) in [5, 5.41) is 2.73. The van der Waals surface area contributed by atoms with Gasteiger partial charge in [0.25, 0.3) is 0 Å². The van der Waals surface area contributed by atoms with Gasteiger partial charge in [-0.1, -0.05) is 0 Å². The second-order valence-electron chi connectivity index (χ2n) is 5.88. The molecule has 1 aromatic heterocycles. The number of nitrogens with zero attached hydrogens (tertiary/aromatic N) is 2. The molecule has 1 amide bonds. The van der Waals surface area contributed by atoms with Crippen LogP contribution in [0.15, 0.2) is 47.1 Å². The van der Waals surface area contributed by atoms with E-state index >= 15 is 0 Å². The second-order valence-corrected chi connectivity index (χ2v) is 7.86. The summed E-state index contributed by atoms with van der Waals surface area (Å²) in [6, 6.07) is 10.8. The van der Waals surface area contributed by atoms with E-state index in [-0.39, 0.29) is 13.1 Å². The zero-order chi connectivity index (χ0) is 19.2. The number of furan rings is 1. The molecule has 0 radical (unpaired) electrons. The van der Waals surface area contributed by atoms with Crippen molar-refractivity contribution in [3.8, 4) is 0 Å². The number of hydrogen-bond acceptors (Lipinski definition) is 5. The van der Waals surface area contributed by atoms with Gasteiger partial charge in [-0.2, -0.15) is 4.31 Å². The predicted octanol–water partition coefficient (Wildman–Crippen LogP) is 2.53. The highest BCUT2D eigenvalue weighted by atomic mass is 32.2. The maximum atomic E-state index is 12.3. The fourth-order valence-electron chi connectivity index (χ4n) is 2.57. The number of sulfonamides is 1. The van der Waals surface area contributed by atoms with E-state index in [1.165, 1.54) is 6.26 Å². The van der Waals surface area contributed by atoms with Crippen molar-refractivity contribution in [3.63, 3.8) is 0 Å². The molecule has 0 saturated heterocycles. The fraction of sp³-hybridized carbons (Fsp3) is 0.389. The zero-order valence-corrected chi connectivity index (χ0v) is 16.1. The Balaban J connectivity index is 2.01. The molecule has 7 nitrogen and oxygen atoms in total. The molecule has 2 rings (SSSR count). The van der Waals surface area contributed by atoms with Crippen LogP contribution in [0.5, 0.6) is 0 Å². The van der Waals surface area contributed by atoms with E-state index in [1.807, 2.05) is 24.3 Å². The van der Waals surface area contributed by atoms with Gasteiger partial charge in [-0.3, -0.25) is 4.79 Å². The van der Waals surface area contributed by atoms with E-state index in [9.17, 15) is 13.2 Å². The number of carbonyl (C=O) groups excluding carboxylic acids is 1. The van der Waals surface area contributed by atoms with E-state index in [2.05, 4.69) is 24.1 Å². The van der Waals surface area contributed by atoms with Gasteiger partial charge in [-0.25, -0.2) is 8.42 Å². The first-order valence-corrected chi connectivity index (χ1v) is 10.3. The normalized spacial score (nSPS) is 11.5. The molecule has 8 heteroatoms. The summed E-state index contributed by atoms with van der Waals surface area (Å²) in [5.41, 5.74) is 1.70. The summed E-state index contributed by atoms with van der Waals surface area (Å²) >= 11 is 0. The van der Waals surface area contributed by atoms with Crippen LogP contribution < -0.4 is 10.2 Å². The number of amides is 1. The Morgan fingerprint density at radius 2 is 1.77 bits per heavy atom. The van der Waals surface area contributed by atoms with Gasteiger partial charge >= 0.3 is 0 Å². The molecule has 1 aromatic carbocycles. The number of rotatable bonds is 9. The van der Waals surface area contributed by atoms with Crippen molar-refractivity contribution in [2.45, 2.75) is 20.4 Å². The van der Waals surface area contributed by atoms with Crippen molar-refractivity contribution in [1.29, 1.82) is 0 Å². The van der Waals surface area contributed by atoms with Gasteiger partial charge in [0.2, 0.25) is 15.9 Å². The van der Waals surface area contributed by atoms with Crippen molar-refractivity contribution in [2.24, 2.45) is 0 Å². The first kappa shape index (κ1) is 20.0. The van der Waals surface area contributed by atoms with Gasteiger partial charge in [0, 0.05) is 24.5 Å². The third-order valence-electron chi connectivity index (χ3n) is 3.98. The summed E-state index contributed by atoms with van der Waals surface area (Å²) in [6.07, 6.45) is 2.54. The molecule has 0 saturated carbocycles. The Bertz CT molecular complexity index is 797. The molecule has 0 atom stereocenters. The fourth-order valence-corrected chi connectivity index (χ4v) is 3.29. The number of carbonyl (C=O) groups is 1. The highest BCUT2D eigenvalue weighted by Gasteiger charge is 2.21. The number of benzene rings is 1. The molecule has 1 N–H and O–H groups in total. The summed E-state index contributed by atoms with van der Waals surface area (Å²) in [7, 11) is -3.55. The van der Waals surface area contributed by atoms with Gasteiger partial charge < -0.3 is 14.6 Å². The summed E-state index contributed by atoms with van der Waals surface area (Å²) in [6.45, 7) is 5.70. The van der Waals surface area contributed by atoms with Crippen molar-refractivity contribution in [1.82, 2.24) is 4.31 Å². The molecule has 0 aliphatic carbocycles. The van der Waals surface area contributed by atoms with Crippen LogP contribution in [0.2, 0.25) is 0 Å². The number of hydrogen-bond donors (Lipinski definition) is 1. The highest BCUT2D eigenvalue weighted by Crippen LogP contribution is 2.18. The third kappa shape index (κ3) is 5.60. The largest absolute Gasteiger partial charge is 0.468 e. The zero-order valence-electron chi connectivity index (χ0n) is 15.3. The van der Waals surface area contributed by atoms with Gasteiger partial charge in [-0.15, -0.1) is 0 Å². The molecule has 0 bridgehead atoms. The van der Waals surface area contributed by atoms with Crippen LogP contribution in [0.1, 0.15) is 19.6 Å². The number of nitrogens with one attached hydrogen (secondary N) is 1. The predicted molar refractivity (Wildman–Crippen MR) is 103 cm³/mol. The maximum Gasteiger partial charge on any atom is 0.239 e. The maximum absolute atomic E-state index is 12.3. The molecule has 0 fully saturated rings. The standard InChI is InChI=1S/C18H25N3O4S/c1-4-20(5-2)16-10-8-15(9-11-16)19-18(22)14-21(26(3,23)24)13-17-7-6-12-25-17/h6-12H,4-5,13-14H2,1-3H3,(H,19,22). The second kappa shape index (κ2) is 8.86. The topological polar surface area (TPSA) is 82.9 Å². The van der Waals surface area contributed by atoms with Gasteiger partial charge in [0.05, 0.1) is 25.6 Å². The lowest BCUT2D eigenvalue weighted by molar-refractivity contribution is -0.116. The Morgan fingerprint density at radius 3 is 2.27 bits per heavy atom. The van der Waals surface area contributed by atoms with Crippen LogP contribution in [0.4, 0.5) is 11.4 Å². The lowest BCUT2D eigenvalue weighted by Crippen LogP contribution is -2.36. The molecule has 2 aromatic rings. The summed E-state index contributed by atoms with van der Waals surface area (Å²) in [5.74, 6) is 0.0735. The van der Waals surface area contributed by atoms with E-state index in [4.69, 9.17) is 4.42 Å². The molecule has 142 valence electrons. The van der Waals surface area contributed by atoms with E-state index in [0.29, 0.717) is 11.4 Å². The Kier molecular flexibility index (Phi) is 6.82.